The molecule has 2 aliphatic heterocycles. The smallest absolute Gasteiger partial charge is 0.238 e. The van der Waals surface area contributed by atoms with Crippen LogP contribution in [0.3, 0.4) is 0 Å². The van der Waals surface area contributed by atoms with Crippen LogP contribution in [0.25, 0.3) is 0 Å². The molecule has 2 fully saturated rings. The van der Waals surface area contributed by atoms with Crippen molar-refractivity contribution in [3.8, 4) is 0 Å². The largest absolute Gasteiger partial charge is 0.369 e. The lowest BCUT2D eigenvalue weighted by Gasteiger charge is -2.36. The van der Waals surface area contributed by atoms with E-state index >= 15 is 0 Å². The van der Waals surface area contributed by atoms with Crippen molar-refractivity contribution >= 4 is 17.3 Å². The van der Waals surface area contributed by atoms with Crippen LogP contribution in [0.4, 0.5) is 11.4 Å². The second-order valence-electron chi connectivity index (χ2n) is 8.71. The summed E-state index contributed by atoms with van der Waals surface area (Å²) in [4.78, 5) is 19.7. The molecule has 5 nitrogen and oxygen atoms in total. The fraction of sp³-hybridized carbons (Fsp3) is 0.480. The van der Waals surface area contributed by atoms with Gasteiger partial charge in [0.2, 0.25) is 5.91 Å². The molecule has 2 aromatic carbocycles. The molecule has 1 N–H and O–H groups in total. The number of piperazine rings is 1. The fourth-order valence-corrected chi connectivity index (χ4v) is 4.52. The molecule has 1 amide bonds. The third kappa shape index (κ3) is 5.21. The van der Waals surface area contributed by atoms with Gasteiger partial charge in [-0.1, -0.05) is 24.3 Å². The number of carbonyl (C=O) groups excluding carboxylic acids is 1. The Morgan fingerprint density at radius 2 is 1.57 bits per heavy atom. The summed E-state index contributed by atoms with van der Waals surface area (Å²) in [6.07, 6.45) is 2.62. The second kappa shape index (κ2) is 9.63. The maximum atomic E-state index is 12.5. The third-order valence-electron chi connectivity index (χ3n) is 6.50. The number of hydrogen-bond donors (Lipinski definition) is 1. The number of nitrogens with one attached hydrogen (secondary N) is 1. The number of rotatable bonds is 6. The SMILES string of the molecule is Cc1cccc(N2CCN(CC(=O)Nc3ccc(CN4CCCC4)cc3)CC2)c1C. The van der Waals surface area contributed by atoms with Crippen LogP contribution >= 0.6 is 0 Å². The summed E-state index contributed by atoms with van der Waals surface area (Å²) in [5.74, 6) is 0.0717. The Balaban J connectivity index is 1.23. The van der Waals surface area contributed by atoms with Gasteiger partial charge in [0, 0.05) is 44.1 Å². The number of anilines is 2. The van der Waals surface area contributed by atoms with Gasteiger partial charge in [-0.25, -0.2) is 0 Å². The minimum Gasteiger partial charge on any atom is -0.369 e. The van der Waals surface area contributed by atoms with Crippen LogP contribution in [0.5, 0.6) is 0 Å². The zero-order chi connectivity index (χ0) is 20.9. The number of benzene rings is 2. The van der Waals surface area contributed by atoms with Crippen molar-refractivity contribution in [2.75, 3.05) is 56.0 Å². The zero-order valence-corrected chi connectivity index (χ0v) is 18.4. The minimum absolute atomic E-state index is 0.0717. The highest BCUT2D eigenvalue weighted by Crippen LogP contribution is 2.24. The first-order valence-corrected chi connectivity index (χ1v) is 11.2. The van der Waals surface area contributed by atoms with Crippen LogP contribution in [0.15, 0.2) is 42.5 Å². The maximum absolute atomic E-state index is 12.5. The van der Waals surface area contributed by atoms with Crippen molar-refractivity contribution in [1.82, 2.24) is 9.80 Å². The van der Waals surface area contributed by atoms with Crippen LogP contribution in [0.2, 0.25) is 0 Å². The lowest BCUT2D eigenvalue weighted by molar-refractivity contribution is -0.117. The Morgan fingerprint density at radius 1 is 0.867 bits per heavy atom. The average molecular weight is 407 g/mol. The first-order valence-electron chi connectivity index (χ1n) is 11.2. The maximum Gasteiger partial charge on any atom is 0.238 e. The lowest BCUT2D eigenvalue weighted by Crippen LogP contribution is -2.48. The van der Waals surface area contributed by atoms with Gasteiger partial charge >= 0.3 is 0 Å². The fourth-order valence-electron chi connectivity index (χ4n) is 4.52. The van der Waals surface area contributed by atoms with Crippen molar-refractivity contribution < 1.29 is 4.79 Å². The van der Waals surface area contributed by atoms with E-state index in [9.17, 15) is 4.79 Å². The summed E-state index contributed by atoms with van der Waals surface area (Å²) in [6.45, 7) is 12.0. The molecular formula is C25H34N4O. The van der Waals surface area contributed by atoms with E-state index in [-0.39, 0.29) is 5.91 Å². The second-order valence-corrected chi connectivity index (χ2v) is 8.71. The monoisotopic (exact) mass is 406 g/mol. The van der Waals surface area contributed by atoms with Gasteiger partial charge in [0.1, 0.15) is 0 Å². The first-order chi connectivity index (χ1) is 14.6. The molecule has 2 heterocycles. The van der Waals surface area contributed by atoms with Crippen LogP contribution in [0, 0.1) is 13.8 Å². The Hall–Kier alpha value is -2.37. The van der Waals surface area contributed by atoms with Gasteiger partial charge in [0.15, 0.2) is 0 Å². The molecule has 2 saturated heterocycles. The molecule has 0 aliphatic carbocycles. The molecule has 0 radical (unpaired) electrons. The van der Waals surface area contributed by atoms with Crippen molar-refractivity contribution in [3.63, 3.8) is 0 Å². The highest BCUT2D eigenvalue weighted by molar-refractivity contribution is 5.92. The predicted molar refractivity (Wildman–Crippen MR) is 124 cm³/mol. The number of amides is 1. The molecule has 0 spiro atoms. The number of nitrogens with zero attached hydrogens (tertiary/aromatic N) is 3. The van der Waals surface area contributed by atoms with E-state index in [1.807, 2.05) is 12.1 Å². The molecule has 2 aromatic rings. The standard InChI is InChI=1S/C25H34N4O/c1-20-6-5-7-24(21(20)2)29-16-14-28(15-17-29)19-25(30)26-23-10-8-22(9-11-23)18-27-12-3-4-13-27/h5-11H,3-4,12-19H2,1-2H3,(H,26,30). The Labute approximate surface area is 180 Å². The summed E-state index contributed by atoms with van der Waals surface area (Å²) in [5.41, 5.74) is 6.22. The van der Waals surface area contributed by atoms with Gasteiger partial charge in [0.05, 0.1) is 6.54 Å². The topological polar surface area (TPSA) is 38.8 Å². The van der Waals surface area contributed by atoms with Crippen LogP contribution in [-0.2, 0) is 11.3 Å². The third-order valence-corrected chi connectivity index (χ3v) is 6.50. The molecule has 4 rings (SSSR count). The summed E-state index contributed by atoms with van der Waals surface area (Å²) in [7, 11) is 0. The van der Waals surface area contributed by atoms with Crippen LogP contribution < -0.4 is 10.2 Å². The molecule has 30 heavy (non-hydrogen) atoms. The minimum atomic E-state index is 0.0717. The molecule has 0 bridgehead atoms. The molecule has 160 valence electrons. The van der Waals surface area contributed by atoms with Gasteiger partial charge in [-0.3, -0.25) is 14.6 Å². The average Bonchev–Trinajstić information content (AvgIpc) is 3.25. The van der Waals surface area contributed by atoms with E-state index in [4.69, 9.17) is 0 Å². The van der Waals surface area contributed by atoms with Gasteiger partial charge < -0.3 is 10.2 Å². The van der Waals surface area contributed by atoms with Gasteiger partial charge in [0.25, 0.3) is 0 Å². The van der Waals surface area contributed by atoms with E-state index in [0.717, 1.165) is 38.4 Å². The van der Waals surface area contributed by atoms with Crippen molar-refractivity contribution in [2.24, 2.45) is 0 Å². The quantitative estimate of drug-likeness (QED) is 0.795. The number of carbonyl (C=O) groups is 1. The van der Waals surface area contributed by atoms with Gasteiger partial charge in [-0.05, 0) is 74.7 Å². The Kier molecular flexibility index (Phi) is 6.70. The molecule has 0 atom stereocenters. The number of likely N-dealkylation sites (tertiary alicyclic amines) is 1. The molecule has 5 heteroatoms. The van der Waals surface area contributed by atoms with Crippen LogP contribution in [0.1, 0.15) is 29.5 Å². The summed E-state index contributed by atoms with van der Waals surface area (Å²) in [5, 5.41) is 3.06. The zero-order valence-electron chi connectivity index (χ0n) is 18.4. The van der Waals surface area contributed by atoms with E-state index in [0.29, 0.717) is 6.54 Å². The van der Waals surface area contributed by atoms with E-state index in [2.05, 4.69) is 64.2 Å². The number of aryl methyl sites for hydroxylation is 1. The van der Waals surface area contributed by atoms with Gasteiger partial charge in [-0.15, -0.1) is 0 Å². The van der Waals surface area contributed by atoms with E-state index < -0.39 is 0 Å². The summed E-state index contributed by atoms with van der Waals surface area (Å²) >= 11 is 0. The molecule has 0 saturated carbocycles. The Morgan fingerprint density at radius 3 is 2.27 bits per heavy atom. The highest BCUT2D eigenvalue weighted by atomic mass is 16.2. The Bertz CT molecular complexity index is 850. The van der Waals surface area contributed by atoms with Crippen molar-refractivity contribution in [2.45, 2.75) is 33.2 Å². The first kappa shape index (κ1) is 20.9. The van der Waals surface area contributed by atoms with E-state index in [1.54, 1.807) is 0 Å². The molecule has 0 aromatic heterocycles. The summed E-state index contributed by atoms with van der Waals surface area (Å²) < 4.78 is 0. The molecular weight excluding hydrogens is 372 g/mol. The lowest BCUT2D eigenvalue weighted by atomic mass is 10.1. The molecule has 0 unspecified atom stereocenters. The normalized spacial score (nSPS) is 18.0. The molecule has 2 aliphatic rings. The van der Waals surface area contributed by atoms with Crippen LogP contribution in [-0.4, -0.2) is 61.5 Å². The van der Waals surface area contributed by atoms with Crippen molar-refractivity contribution in [1.29, 1.82) is 0 Å². The number of hydrogen-bond acceptors (Lipinski definition) is 4. The highest BCUT2D eigenvalue weighted by Gasteiger charge is 2.20. The van der Waals surface area contributed by atoms with E-state index in [1.165, 1.54) is 48.3 Å². The predicted octanol–water partition coefficient (Wildman–Crippen LogP) is 3.66. The van der Waals surface area contributed by atoms with Crippen molar-refractivity contribution in [3.05, 3.63) is 59.2 Å². The van der Waals surface area contributed by atoms with Gasteiger partial charge in [-0.2, -0.15) is 0 Å². The summed E-state index contributed by atoms with van der Waals surface area (Å²) in [6, 6.07) is 14.8.